The van der Waals surface area contributed by atoms with Gasteiger partial charge in [0.2, 0.25) is 0 Å². The van der Waals surface area contributed by atoms with Gasteiger partial charge in [0.1, 0.15) is 12.8 Å². The van der Waals surface area contributed by atoms with E-state index >= 15 is 0 Å². The lowest BCUT2D eigenvalue weighted by atomic mass is 9.93. The maximum absolute atomic E-state index is 2.48. The monoisotopic (exact) mass is 162 g/mol. The summed E-state index contributed by atoms with van der Waals surface area (Å²) in [7, 11) is 0. The van der Waals surface area contributed by atoms with E-state index in [0.29, 0.717) is 0 Å². The van der Waals surface area contributed by atoms with Gasteiger partial charge in [-0.1, -0.05) is 18.2 Å². The second-order valence-electron chi connectivity index (χ2n) is 3.84. The molecular formula is C11H16N+. The molecule has 0 N–H and O–H groups in total. The van der Waals surface area contributed by atoms with Gasteiger partial charge in [-0.3, -0.25) is 0 Å². The molecule has 1 heteroatoms. The number of fused-ring (bicyclic) bond motifs is 1. The molecule has 0 aliphatic carbocycles. The van der Waals surface area contributed by atoms with Crippen LogP contribution >= 0.6 is 0 Å². The molecule has 1 nitrogen and oxygen atoms in total. The predicted octanol–water partition coefficient (Wildman–Crippen LogP) is 2.14. The van der Waals surface area contributed by atoms with Gasteiger partial charge in [0.15, 0.2) is 5.54 Å². The molecule has 0 unspecified atom stereocenters. The van der Waals surface area contributed by atoms with Gasteiger partial charge in [0, 0.05) is 26.2 Å². The highest BCUT2D eigenvalue weighted by Crippen LogP contribution is 2.23. The van der Waals surface area contributed by atoms with Gasteiger partial charge >= 0.3 is 0 Å². The molecule has 0 saturated heterocycles. The summed E-state index contributed by atoms with van der Waals surface area (Å²) in [6.45, 7) is 3.50. The first-order chi connectivity index (χ1) is 5.81. The van der Waals surface area contributed by atoms with Crippen molar-refractivity contribution in [3.63, 3.8) is 0 Å². The second-order valence-corrected chi connectivity index (χ2v) is 3.84. The van der Waals surface area contributed by atoms with E-state index in [9.17, 15) is 0 Å². The van der Waals surface area contributed by atoms with Crippen LogP contribution in [0.25, 0.3) is 0 Å². The van der Waals surface area contributed by atoms with Crippen molar-refractivity contribution in [1.82, 2.24) is 0 Å². The summed E-state index contributed by atoms with van der Waals surface area (Å²) in [6, 6.07) is 0. The van der Waals surface area contributed by atoms with Crippen molar-refractivity contribution in [1.29, 1.82) is 0 Å². The number of hydrogen-bond acceptors (Lipinski definition) is 0. The van der Waals surface area contributed by atoms with Crippen molar-refractivity contribution in [3.8, 4) is 0 Å². The molecule has 0 amide bonds. The van der Waals surface area contributed by atoms with Crippen molar-refractivity contribution in [3.05, 3.63) is 24.3 Å². The van der Waals surface area contributed by atoms with Gasteiger partial charge in [-0.15, -0.1) is 0 Å². The molecule has 0 aromatic heterocycles. The normalized spacial score (nSPS) is 33.9. The summed E-state index contributed by atoms with van der Waals surface area (Å²) in [5.74, 6) is 0. The van der Waals surface area contributed by atoms with Crippen molar-refractivity contribution >= 4 is 6.21 Å². The summed E-state index contributed by atoms with van der Waals surface area (Å²) < 4.78 is 2.48. The van der Waals surface area contributed by atoms with Gasteiger partial charge in [-0.05, 0) is 6.08 Å². The molecule has 0 bridgehead atoms. The molecule has 2 heterocycles. The Morgan fingerprint density at radius 1 is 1.25 bits per heavy atom. The fraction of sp³-hybridized carbons (Fsp3) is 0.545. The predicted molar refractivity (Wildman–Crippen MR) is 51.7 cm³/mol. The minimum Gasteiger partial charge on any atom is -0.230 e. The van der Waals surface area contributed by atoms with Crippen LogP contribution in [-0.2, 0) is 0 Å². The third-order valence-electron chi connectivity index (χ3n) is 2.83. The molecular weight excluding hydrogens is 146 g/mol. The van der Waals surface area contributed by atoms with Crippen LogP contribution in [0, 0.1) is 0 Å². The summed E-state index contributed by atoms with van der Waals surface area (Å²) in [6.07, 6.45) is 15.0. The first kappa shape index (κ1) is 7.78. The van der Waals surface area contributed by atoms with E-state index in [-0.39, 0.29) is 5.54 Å². The lowest BCUT2D eigenvalue weighted by Gasteiger charge is -2.24. The molecule has 2 rings (SSSR count). The van der Waals surface area contributed by atoms with E-state index in [0.717, 1.165) is 12.8 Å². The molecule has 0 radical (unpaired) electrons. The van der Waals surface area contributed by atoms with Crippen LogP contribution in [0.15, 0.2) is 24.3 Å². The topological polar surface area (TPSA) is 3.01 Å². The minimum atomic E-state index is 0.269. The molecule has 0 spiro atoms. The van der Waals surface area contributed by atoms with Crippen LogP contribution in [0.2, 0.25) is 0 Å². The average Bonchev–Trinajstić information content (AvgIpc) is 2.25. The highest BCUT2D eigenvalue weighted by Gasteiger charge is 2.33. The molecule has 1 atom stereocenters. The average molecular weight is 162 g/mol. The Labute approximate surface area is 74.1 Å². The quantitative estimate of drug-likeness (QED) is 0.379. The third-order valence-corrected chi connectivity index (χ3v) is 2.83. The zero-order valence-electron chi connectivity index (χ0n) is 7.66. The molecule has 64 valence electrons. The van der Waals surface area contributed by atoms with Gasteiger partial charge < -0.3 is 0 Å². The summed E-state index contributed by atoms with van der Waals surface area (Å²) in [4.78, 5) is 0. The van der Waals surface area contributed by atoms with Crippen LogP contribution in [-0.4, -0.2) is 22.9 Å². The third kappa shape index (κ3) is 1.24. The van der Waals surface area contributed by atoms with Gasteiger partial charge in [-0.2, -0.15) is 0 Å². The van der Waals surface area contributed by atoms with Gasteiger partial charge in [0.05, 0.1) is 0 Å². The maximum Gasteiger partial charge on any atom is 0.181 e. The molecule has 12 heavy (non-hydrogen) atoms. The van der Waals surface area contributed by atoms with Crippen molar-refractivity contribution < 1.29 is 4.58 Å². The molecule has 2 aliphatic heterocycles. The fourth-order valence-electron chi connectivity index (χ4n) is 1.99. The summed E-state index contributed by atoms with van der Waals surface area (Å²) in [5.41, 5.74) is 0.269. The number of nitrogens with zero attached hydrogens (tertiary/aromatic N) is 1. The van der Waals surface area contributed by atoms with Crippen LogP contribution in [0.3, 0.4) is 0 Å². The number of hydrogen-bond donors (Lipinski definition) is 0. The fourth-order valence-corrected chi connectivity index (χ4v) is 1.99. The minimum absolute atomic E-state index is 0.269. The Hall–Kier alpha value is -0.850. The van der Waals surface area contributed by atoms with Gasteiger partial charge in [-0.25, -0.2) is 4.58 Å². The molecule has 0 aromatic carbocycles. The maximum atomic E-state index is 2.48. The number of allylic oxidation sites excluding steroid dienone is 1. The Kier molecular flexibility index (Phi) is 1.87. The Morgan fingerprint density at radius 2 is 2.17 bits per heavy atom. The second kappa shape index (κ2) is 2.89. The van der Waals surface area contributed by atoms with Crippen molar-refractivity contribution in [2.75, 3.05) is 6.54 Å². The standard InChI is InChI=1S/C11H16N/c1-11-7-3-2-5-9-12(11)10-6-4-8-11/h2-4,8-9H,5-7,10H2,1H3/q+1/t11-/m1/s1. The van der Waals surface area contributed by atoms with Crippen LogP contribution in [0.4, 0.5) is 0 Å². The molecule has 0 saturated carbocycles. The highest BCUT2D eigenvalue weighted by atomic mass is 15.1. The van der Waals surface area contributed by atoms with E-state index < -0.39 is 0 Å². The van der Waals surface area contributed by atoms with E-state index in [1.54, 1.807) is 0 Å². The Balaban J connectivity index is 2.35. The lowest BCUT2D eigenvalue weighted by Crippen LogP contribution is -2.39. The smallest absolute Gasteiger partial charge is 0.181 e. The first-order valence-corrected chi connectivity index (χ1v) is 4.74. The molecule has 0 fully saturated rings. The van der Waals surface area contributed by atoms with Crippen molar-refractivity contribution in [2.45, 2.75) is 31.7 Å². The zero-order chi connectivity index (χ0) is 8.44. The summed E-state index contributed by atoms with van der Waals surface area (Å²) in [5, 5.41) is 0. The van der Waals surface area contributed by atoms with Crippen LogP contribution in [0.1, 0.15) is 26.2 Å². The van der Waals surface area contributed by atoms with Crippen molar-refractivity contribution in [2.24, 2.45) is 0 Å². The SMILES string of the molecule is C[C@@]12C=CCC[N+]1=CCC=CC2. The number of rotatable bonds is 0. The first-order valence-electron chi connectivity index (χ1n) is 4.74. The van der Waals surface area contributed by atoms with Crippen LogP contribution in [0.5, 0.6) is 0 Å². The zero-order valence-corrected chi connectivity index (χ0v) is 7.66. The molecule has 0 aromatic rings. The van der Waals surface area contributed by atoms with Crippen LogP contribution < -0.4 is 0 Å². The Bertz CT molecular complexity index is 260. The van der Waals surface area contributed by atoms with E-state index in [1.807, 2.05) is 0 Å². The lowest BCUT2D eigenvalue weighted by molar-refractivity contribution is -0.590. The van der Waals surface area contributed by atoms with E-state index in [4.69, 9.17) is 0 Å². The largest absolute Gasteiger partial charge is 0.230 e. The highest BCUT2D eigenvalue weighted by molar-refractivity contribution is 5.54. The summed E-state index contributed by atoms with van der Waals surface area (Å²) >= 11 is 0. The van der Waals surface area contributed by atoms with Gasteiger partial charge in [0.25, 0.3) is 0 Å². The molecule has 2 aliphatic rings. The van der Waals surface area contributed by atoms with E-state index in [2.05, 4.69) is 42.0 Å². The van der Waals surface area contributed by atoms with E-state index in [1.165, 1.54) is 13.0 Å². The Morgan fingerprint density at radius 3 is 3.08 bits per heavy atom.